The highest BCUT2D eigenvalue weighted by Gasteiger charge is 2.53. The summed E-state index contributed by atoms with van der Waals surface area (Å²) >= 11 is 0. The van der Waals surface area contributed by atoms with E-state index in [9.17, 15) is 4.79 Å². The first-order valence-electron chi connectivity index (χ1n) is 14.3. The second kappa shape index (κ2) is 11.1. The zero-order chi connectivity index (χ0) is 27.6. The summed E-state index contributed by atoms with van der Waals surface area (Å²) in [5.41, 5.74) is 5.22. The summed E-state index contributed by atoms with van der Waals surface area (Å²) in [6, 6.07) is 16.5. The number of carbonyl (C=O) groups is 1. The predicted molar refractivity (Wildman–Crippen MR) is 157 cm³/mol. The second-order valence-corrected chi connectivity index (χ2v) is 10.2. The van der Waals surface area contributed by atoms with Crippen LogP contribution in [0.5, 0.6) is 5.75 Å². The molecule has 6 nitrogen and oxygen atoms in total. The van der Waals surface area contributed by atoms with E-state index in [4.69, 9.17) is 9.47 Å². The number of carbonyl (C=O) groups excluding carboxylic acids is 1. The van der Waals surface area contributed by atoms with Crippen molar-refractivity contribution in [1.29, 1.82) is 0 Å². The van der Waals surface area contributed by atoms with Crippen LogP contribution in [0.1, 0.15) is 79.7 Å². The van der Waals surface area contributed by atoms with Crippen LogP contribution >= 0.6 is 0 Å². The van der Waals surface area contributed by atoms with Crippen LogP contribution in [0.25, 0.3) is 10.9 Å². The molecular weight excluding hydrogens is 486 g/mol. The Morgan fingerprint density at radius 1 is 1.00 bits per heavy atom. The van der Waals surface area contributed by atoms with Crippen LogP contribution in [0.4, 0.5) is 5.69 Å². The molecule has 3 heterocycles. The lowest BCUT2D eigenvalue weighted by Gasteiger charge is -2.33. The van der Waals surface area contributed by atoms with Crippen LogP contribution in [0.15, 0.2) is 60.9 Å². The molecule has 0 fully saturated rings. The highest BCUT2D eigenvalue weighted by Crippen LogP contribution is 2.53. The van der Waals surface area contributed by atoms with Gasteiger partial charge in [-0.15, -0.1) is 0 Å². The van der Waals surface area contributed by atoms with Gasteiger partial charge in [0.2, 0.25) is 0 Å². The minimum absolute atomic E-state index is 0.341. The minimum Gasteiger partial charge on any atom is -0.493 e. The van der Waals surface area contributed by atoms with Crippen LogP contribution < -0.4 is 9.64 Å². The first-order valence-corrected chi connectivity index (χ1v) is 14.3. The molecule has 0 spiro atoms. The van der Waals surface area contributed by atoms with Crippen LogP contribution in [-0.4, -0.2) is 35.2 Å². The Kier molecular flexibility index (Phi) is 7.65. The third-order valence-electron chi connectivity index (χ3n) is 7.92. The van der Waals surface area contributed by atoms with E-state index in [1.54, 1.807) is 18.5 Å². The number of anilines is 1. The quantitative estimate of drug-likeness (QED) is 0.153. The molecule has 5 rings (SSSR count). The fourth-order valence-corrected chi connectivity index (χ4v) is 6.04. The molecule has 6 heteroatoms. The topological polar surface area (TPSA) is 56.6 Å². The third kappa shape index (κ3) is 4.36. The third-order valence-corrected chi connectivity index (χ3v) is 7.92. The average molecular weight is 526 g/mol. The average Bonchev–Trinajstić information content (AvgIpc) is 3.41. The first-order chi connectivity index (χ1) is 19.0. The van der Waals surface area contributed by atoms with Crippen molar-refractivity contribution in [3.63, 3.8) is 0 Å². The van der Waals surface area contributed by atoms with E-state index in [0.717, 1.165) is 83.6 Å². The summed E-state index contributed by atoms with van der Waals surface area (Å²) in [7, 11) is 0. The van der Waals surface area contributed by atoms with Gasteiger partial charge in [-0.3, -0.25) is 4.98 Å². The normalized spacial score (nSPS) is 16.4. The molecule has 0 saturated heterocycles. The molecule has 204 valence electrons. The molecule has 0 saturated carbocycles. The number of cyclic esters (lactones) is 1. The number of aryl methyl sites for hydroxylation is 1. The molecule has 4 aromatic rings. The summed E-state index contributed by atoms with van der Waals surface area (Å²) in [4.78, 5) is 20.3. The number of pyridine rings is 1. The SMILES string of the molecule is CCCCOc1cc(N(CC)CC)ccc1C1(c2c(C)n(CCC)c3ccccc23)OC(=O)c2ccncc21. The number of hydrogen-bond acceptors (Lipinski definition) is 5. The molecule has 0 aliphatic carbocycles. The number of unbranched alkanes of at least 4 members (excludes halogenated alkanes) is 1. The second-order valence-electron chi connectivity index (χ2n) is 10.2. The van der Waals surface area contributed by atoms with Gasteiger partial charge in [0.25, 0.3) is 0 Å². The molecule has 0 N–H and O–H groups in total. The maximum atomic E-state index is 13.5. The van der Waals surface area contributed by atoms with Crippen molar-refractivity contribution in [1.82, 2.24) is 9.55 Å². The highest BCUT2D eigenvalue weighted by atomic mass is 16.6. The number of para-hydroxylation sites is 1. The molecule has 0 amide bonds. The van der Waals surface area contributed by atoms with Gasteiger partial charge in [0.15, 0.2) is 5.60 Å². The van der Waals surface area contributed by atoms with Gasteiger partial charge in [-0.25, -0.2) is 4.79 Å². The lowest BCUT2D eigenvalue weighted by Crippen LogP contribution is -2.32. The molecule has 39 heavy (non-hydrogen) atoms. The monoisotopic (exact) mass is 525 g/mol. The molecule has 1 aliphatic heterocycles. The van der Waals surface area contributed by atoms with E-state index in [1.807, 2.05) is 0 Å². The Morgan fingerprint density at radius 3 is 2.54 bits per heavy atom. The van der Waals surface area contributed by atoms with Gasteiger partial charge in [-0.2, -0.15) is 0 Å². The Morgan fingerprint density at radius 2 is 1.79 bits per heavy atom. The zero-order valence-electron chi connectivity index (χ0n) is 23.8. The number of ether oxygens (including phenoxy) is 2. The largest absolute Gasteiger partial charge is 0.493 e. The lowest BCUT2D eigenvalue weighted by atomic mass is 9.78. The van der Waals surface area contributed by atoms with Crippen LogP contribution in [-0.2, 0) is 16.9 Å². The summed E-state index contributed by atoms with van der Waals surface area (Å²) < 4.78 is 15.5. The maximum absolute atomic E-state index is 13.5. The summed E-state index contributed by atoms with van der Waals surface area (Å²) in [5.74, 6) is 0.399. The summed E-state index contributed by atoms with van der Waals surface area (Å²) in [6.45, 7) is 14.0. The van der Waals surface area contributed by atoms with Gasteiger partial charge < -0.3 is 18.9 Å². The number of fused-ring (bicyclic) bond motifs is 2. The molecule has 0 bridgehead atoms. The van der Waals surface area contributed by atoms with E-state index in [2.05, 4.69) is 91.5 Å². The van der Waals surface area contributed by atoms with E-state index < -0.39 is 5.60 Å². The zero-order valence-corrected chi connectivity index (χ0v) is 23.8. The van der Waals surface area contributed by atoms with Gasteiger partial charge >= 0.3 is 5.97 Å². The van der Waals surface area contributed by atoms with Crippen molar-refractivity contribution >= 4 is 22.6 Å². The number of aromatic nitrogens is 2. The van der Waals surface area contributed by atoms with Crippen molar-refractivity contribution < 1.29 is 14.3 Å². The molecular formula is C33H39N3O3. The summed E-state index contributed by atoms with van der Waals surface area (Å²) in [5, 5.41) is 1.07. The minimum atomic E-state index is -1.19. The van der Waals surface area contributed by atoms with Gasteiger partial charge in [-0.05, 0) is 57.9 Å². The van der Waals surface area contributed by atoms with E-state index in [0.29, 0.717) is 12.2 Å². The molecule has 2 aromatic carbocycles. The van der Waals surface area contributed by atoms with Gasteiger partial charge in [-0.1, -0.05) is 38.5 Å². The Bertz CT molecular complexity index is 1490. The number of esters is 1. The van der Waals surface area contributed by atoms with Crippen molar-refractivity contribution in [3.05, 3.63) is 88.9 Å². The fourth-order valence-electron chi connectivity index (χ4n) is 6.04. The Labute approximate surface area is 231 Å². The van der Waals surface area contributed by atoms with Crippen molar-refractivity contribution in [2.24, 2.45) is 0 Å². The number of hydrogen-bond donors (Lipinski definition) is 0. The number of benzene rings is 2. The molecule has 2 aromatic heterocycles. The van der Waals surface area contributed by atoms with Crippen molar-refractivity contribution in [2.75, 3.05) is 24.6 Å². The Balaban J connectivity index is 1.86. The smallest absolute Gasteiger partial charge is 0.340 e. The number of nitrogens with zero attached hydrogens (tertiary/aromatic N) is 3. The van der Waals surface area contributed by atoms with Crippen LogP contribution in [0, 0.1) is 6.92 Å². The van der Waals surface area contributed by atoms with Crippen molar-refractivity contribution in [3.8, 4) is 5.75 Å². The van der Waals surface area contributed by atoms with Crippen LogP contribution in [0.3, 0.4) is 0 Å². The Hall–Kier alpha value is -3.80. The standard InChI is InChI=1S/C33H39N3O3/c1-6-10-20-38-30-21-24(35(8-3)9-4)15-16-27(30)33(28-22-34-18-17-25(28)32(37)39-33)31-23(5)36(19-7-2)29-14-12-11-13-26(29)31/h11-18,21-22H,6-10,19-20H2,1-5H3. The molecule has 1 unspecified atom stereocenters. The van der Waals surface area contributed by atoms with Crippen molar-refractivity contribution in [2.45, 2.75) is 66.0 Å². The maximum Gasteiger partial charge on any atom is 0.340 e. The van der Waals surface area contributed by atoms with Gasteiger partial charge in [0.1, 0.15) is 5.75 Å². The van der Waals surface area contributed by atoms with Gasteiger partial charge in [0, 0.05) is 77.1 Å². The van der Waals surface area contributed by atoms with E-state index in [1.165, 1.54) is 0 Å². The number of rotatable bonds is 11. The summed E-state index contributed by atoms with van der Waals surface area (Å²) in [6.07, 6.45) is 6.41. The molecule has 0 radical (unpaired) electrons. The predicted octanol–water partition coefficient (Wildman–Crippen LogP) is 7.24. The first kappa shape index (κ1) is 26.8. The molecule has 1 aliphatic rings. The van der Waals surface area contributed by atoms with E-state index in [-0.39, 0.29) is 5.97 Å². The molecule has 1 atom stereocenters. The lowest BCUT2D eigenvalue weighted by molar-refractivity contribution is 0.0245. The van der Waals surface area contributed by atoms with E-state index >= 15 is 0 Å². The highest BCUT2D eigenvalue weighted by molar-refractivity contribution is 5.98. The van der Waals surface area contributed by atoms with Crippen LogP contribution in [0.2, 0.25) is 0 Å². The van der Waals surface area contributed by atoms with Gasteiger partial charge in [0.05, 0.1) is 12.2 Å². The fraction of sp³-hybridized carbons (Fsp3) is 0.394.